The Bertz CT molecular complexity index is 1830. The van der Waals surface area contributed by atoms with E-state index in [0.717, 1.165) is 21.7 Å². The summed E-state index contributed by atoms with van der Waals surface area (Å²) in [5.41, 5.74) is 4.16. The second-order valence-corrected chi connectivity index (χ2v) is 11.7. The van der Waals surface area contributed by atoms with Crippen molar-refractivity contribution >= 4 is 58.5 Å². The molecule has 0 aromatic heterocycles. The zero-order valence-corrected chi connectivity index (χ0v) is 25.9. The Kier molecular flexibility index (Phi) is 10.5. The molecule has 3 amide bonds. The van der Waals surface area contributed by atoms with E-state index in [-0.39, 0.29) is 11.6 Å². The average Bonchev–Trinajstić information content (AvgIpc) is 3.06. The molecular weight excluding hydrogens is 602 g/mol. The maximum atomic E-state index is 13.5. The summed E-state index contributed by atoms with van der Waals surface area (Å²) < 4.78 is 0. The van der Waals surface area contributed by atoms with Crippen LogP contribution in [0.5, 0.6) is 0 Å². The normalized spacial score (nSPS) is 11.7. The molecular formula is C37H30ClN3O3S. The van der Waals surface area contributed by atoms with E-state index in [1.165, 1.54) is 11.8 Å². The predicted octanol–water partition coefficient (Wildman–Crippen LogP) is 8.53. The smallest absolute Gasteiger partial charge is 0.272 e. The van der Waals surface area contributed by atoms with Gasteiger partial charge >= 0.3 is 0 Å². The van der Waals surface area contributed by atoms with Crippen LogP contribution in [-0.4, -0.2) is 17.7 Å². The number of benzene rings is 5. The minimum atomic E-state index is -0.514. The highest BCUT2D eigenvalue weighted by atomic mass is 35.5. The number of rotatable bonds is 10. The van der Waals surface area contributed by atoms with Gasteiger partial charge in [-0.2, -0.15) is 0 Å². The van der Waals surface area contributed by atoms with Gasteiger partial charge in [-0.05, 0) is 78.2 Å². The molecule has 6 nitrogen and oxygen atoms in total. The molecule has 0 aliphatic rings. The van der Waals surface area contributed by atoms with Crippen molar-refractivity contribution < 1.29 is 14.4 Å². The lowest BCUT2D eigenvalue weighted by Crippen LogP contribution is -2.30. The molecule has 1 unspecified atom stereocenters. The fraction of sp³-hybridized carbons (Fsp3) is 0.0541. The fourth-order valence-electron chi connectivity index (χ4n) is 4.45. The lowest BCUT2D eigenvalue weighted by molar-refractivity contribution is -0.116. The van der Waals surface area contributed by atoms with Gasteiger partial charge in [-0.3, -0.25) is 14.4 Å². The number of anilines is 2. The number of halogens is 1. The molecule has 3 N–H and O–H groups in total. The molecule has 0 fully saturated rings. The van der Waals surface area contributed by atoms with Crippen molar-refractivity contribution in [1.82, 2.24) is 5.32 Å². The van der Waals surface area contributed by atoms with Crippen LogP contribution in [0.1, 0.15) is 32.3 Å². The van der Waals surface area contributed by atoms with Crippen LogP contribution in [0.2, 0.25) is 5.02 Å². The lowest BCUT2D eigenvalue weighted by Gasteiger charge is -2.18. The Hall–Kier alpha value is -5.11. The van der Waals surface area contributed by atoms with Gasteiger partial charge < -0.3 is 16.0 Å². The van der Waals surface area contributed by atoms with Gasteiger partial charge in [0.05, 0.1) is 0 Å². The monoisotopic (exact) mass is 631 g/mol. The number of hydrogen-bond acceptors (Lipinski definition) is 4. The molecule has 1 atom stereocenters. The molecule has 0 bridgehead atoms. The molecule has 0 saturated carbocycles. The standard InChI is InChI=1S/C37H30ClN3O3S/c1-25-12-8-11-19-32(25)40-37(44)34(26-13-4-2-5-14-26)45-30-22-20-29(21-23-30)39-36(43)33(24-28-17-9-10-18-31(28)38)41-35(42)27-15-6-3-7-16-27/h2-24,34H,1H3,(H,39,43)(H,40,44)(H,41,42)/b33-24-. The molecule has 5 aromatic carbocycles. The molecule has 0 radical (unpaired) electrons. The van der Waals surface area contributed by atoms with E-state index in [1.807, 2.05) is 79.7 Å². The van der Waals surface area contributed by atoms with Crippen molar-refractivity contribution in [2.24, 2.45) is 0 Å². The lowest BCUT2D eigenvalue weighted by atomic mass is 10.1. The van der Waals surface area contributed by atoms with Gasteiger partial charge in [0.25, 0.3) is 11.8 Å². The van der Waals surface area contributed by atoms with Crippen LogP contribution < -0.4 is 16.0 Å². The highest BCUT2D eigenvalue weighted by Gasteiger charge is 2.23. The van der Waals surface area contributed by atoms with Gasteiger partial charge in [0.1, 0.15) is 10.9 Å². The largest absolute Gasteiger partial charge is 0.325 e. The van der Waals surface area contributed by atoms with Crippen LogP contribution in [0.4, 0.5) is 11.4 Å². The van der Waals surface area contributed by atoms with Crippen molar-refractivity contribution in [3.05, 3.63) is 166 Å². The Morgan fingerprint density at radius 2 is 1.33 bits per heavy atom. The Labute approximate surface area is 271 Å². The van der Waals surface area contributed by atoms with Crippen LogP contribution in [-0.2, 0) is 9.59 Å². The number of nitrogens with one attached hydrogen (secondary N) is 3. The van der Waals surface area contributed by atoms with Crippen molar-refractivity contribution in [1.29, 1.82) is 0 Å². The van der Waals surface area contributed by atoms with E-state index < -0.39 is 17.1 Å². The molecule has 0 saturated heterocycles. The van der Waals surface area contributed by atoms with E-state index in [9.17, 15) is 14.4 Å². The summed E-state index contributed by atoms with van der Waals surface area (Å²) in [5.74, 6) is -1.08. The molecule has 8 heteroatoms. The van der Waals surface area contributed by atoms with Gasteiger partial charge in [0.15, 0.2) is 0 Å². The predicted molar refractivity (Wildman–Crippen MR) is 183 cm³/mol. The quantitative estimate of drug-likeness (QED) is 0.106. The third-order valence-electron chi connectivity index (χ3n) is 6.84. The van der Waals surface area contributed by atoms with Crippen LogP contribution in [0, 0.1) is 6.92 Å². The Morgan fingerprint density at radius 3 is 2.02 bits per heavy atom. The molecule has 0 aliphatic heterocycles. The Balaban J connectivity index is 1.33. The summed E-state index contributed by atoms with van der Waals surface area (Å²) in [5, 5.41) is 8.58. The van der Waals surface area contributed by atoms with Gasteiger partial charge in [-0.25, -0.2) is 0 Å². The van der Waals surface area contributed by atoms with Gasteiger partial charge in [0, 0.05) is 26.9 Å². The first-order valence-electron chi connectivity index (χ1n) is 14.2. The fourth-order valence-corrected chi connectivity index (χ4v) is 5.67. The van der Waals surface area contributed by atoms with Crippen LogP contribution in [0.15, 0.2) is 144 Å². The third-order valence-corrected chi connectivity index (χ3v) is 8.45. The zero-order valence-electron chi connectivity index (χ0n) is 24.4. The SMILES string of the molecule is Cc1ccccc1NC(=O)C(Sc1ccc(NC(=O)/C(=C/c2ccccc2Cl)NC(=O)c2ccccc2)cc1)c1ccccc1. The first-order valence-corrected chi connectivity index (χ1v) is 15.5. The summed E-state index contributed by atoms with van der Waals surface area (Å²) in [6, 6.07) is 40.2. The number of thioether (sulfide) groups is 1. The van der Waals surface area contributed by atoms with E-state index in [4.69, 9.17) is 11.6 Å². The van der Waals surface area contributed by atoms with Gasteiger partial charge in [-0.1, -0.05) is 96.5 Å². The molecule has 224 valence electrons. The number of amides is 3. The maximum absolute atomic E-state index is 13.5. The Morgan fingerprint density at radius 1 is 0.711 bits per heavy atom. The summed E-state index contributed by atoms with van der Waals surface area (Å²) in [6.45, 7) is 1.95. The third kappa shape index (κ3) is 8.50. The summed E-state index contributed by atoms with van der Waals surface area (Å²) in [7, 11) is 0. The zero-order chi connectivity index (χ0) is 31.6. The second kappa shape index (κ2) is 15.1. The number of carbonyl (C=O) groups excluding carboxylic acids is 3. The average molecular weight is 632 g/mol. The summed E-state index contributed by atoms with van der Waals surface area (Å²) >= 11 is 7.76. The number of hydrogen-bond donors (Lipinski definition) is 3. The first kappa shape index (κ1) is 31.3. The highest BCUT2D eigenvalue weighted by molar-refractivity contribution is 8.00. The van der Waals surface area contributed by atoms with Gasteiger partial charge in [0.2, 0.25) is 5.91 Å². The van der Waals surface area contributed by atoms with E-state index >= 15 is 0 Å². The van der Waals surface area contributed by atoms with Crippen LogP contribution >= 0.6 is 23.4 Å². The second-order valence-electron chi connectivity index (χ2n) is 10.1. The molecule has 0 heterocycles. The molecule has 0 aliphatic carbocycles. The molecule has 0 spiro atoms. The number of carbonyl (C=O) groups is 3. The molecule has 5 rings (SSSR count). The minimum Gasteiger partial charge on any atom is -0.325 e. The van der Waals surface area contributed by atoms with E-state index in [1.54, 1.807) is 66.7 Å². The van der Waals surface area contributed by atoms with E-state index in [2.05, 4.69) is 16.0 Å². The van der Waals surface area contributed by atoms with Crippen LogP contribution in [0.25, 0.3) is 6.08 Å². The maximum Gasteiger partial charge on any atom is 0.272 e. The summed E-state index contributed by atoms with van der Waals surface area (Å²) in [6.07, 6.45) is 1.54. The van der Waals surface area contributed by atoms with E-state index in [0.29, 0.717) is 21.8 Å². The number of para-hydroxylation sites is 1. The van der Waals surface area contributed by atoms with Gasteiger partial charge in [-0.15, -0.1) is 11.8 Å². The minimum absolute atomic E-state index is 0.0347. The summed E-state index contributed by atoms with van der Waals surface area (Å²) in [4.78, 5) is 40.7. The van der Waals surface area contributed by atoms with Crippen LogP contribution in [0.3, 0.4) is 0 Å². The number of aryl methyl sites for hydroxylation is 1. The highest BCUT2D eigenvalue weighted by Crippen LogP contribution is 2.37. The van der Waals surface area contributed by atoms with Crippen molar-refractivity contribution in [3.8, 4) is 0 Å². The topological polar surface area (TPSA) is 87.3 Å². The molecule has 45 heavy (non-hydrogen) atoms. The van der Waals surface area contributed by atoms with Crippen molar-refractivity contribution in [3.63, 3.8) is 0 Å². The van der Waals surface area contributed by atoms with Crippen molar-refractivity contribution in [2.75, 3.05) is 10.6 Å². The van der Waals surface area contributed by atoms with Crippen molar-refractivity contribution in [2.45, 2.75) is 17.1 Å². The first-order chi connectivity index (χ1) is 21.9. The molecule has 5 aromatic rings.